The molecule has 8 heteroatoms. The van der Waals surface area contributed by atoms with Crippen LogP contribution in [-0.4, -0.2) is 17.6 Å². The number of ether oxygens (including phenoxy) is 2. The molecule has 4 aromatic carbocycles. The first-order valence-corrected chi connectivity index (χ1v) is 14.8. The van der Waals surface area contributed by atoms with Gasteiger partial charge in [-0.1, -0.05) is 54.1 Å². The number of aldehydes is 2. The summed E-state index contributed by atoms with van der Waals surface area (Å²) in [5, 5.41) is 10.3. The van der Waals surface area contributed by atoms with Gasteiger partial charge in [0, 0.05) is 29.4 Å². The van der Waals surface area contributed by atoms with E-state index in [0.717, 1.165) is 44.3 Å². The summed E-state index contributed by atoms with van der Waals surface area (Å²) in [5.74, 6) is 0.990. The molecule has 2 heterocycles. The highest BCUT2D eigenvalue weighted by atomic mass is 35.5. The van der Waals surface area contributed by atoms with Gasteiger partial charge in [-0.05, 0) is 83.1 Å². The lowest BCUT2D eigenvalue weighted by Crippen LogP contribution is -2.03. The zero-order chi connectivity index (χ0) is 32.2. The first kappa shape index (κ1) is 30.3. The number of hydrogen-bond acceptors (Lipinski definition) is 7. The number of rotatable bonds is 10. The van der Waals surface area contributed by atoms with Gasteiger partial charge in [-0.25, -0.2) is 0 Å². The average Bonchev–Trinajstić information content (AvgIpc) is 3.50. The Labute approximate surface area is 270 Å². The molecule has 226 valence electrons. The lowest BCUT2D eigenvalue weighted by Gasteiger charge is -2.17. The van der Waals surface area contributed by atoms with Crippen LogP contribution >= 0.6 is 11.6 Å². The van der Waals surface area contributed by atoms with Crippen LogP contribution in [0.15, 0.2) is 95.7 Å². The van der Waals surface area contributed by atoms with Crippen LogP contribution in [0.2, 0.25) is 5.02 Å². The van der Waals surface area contributed by atoms with Crippen LogP contribution in [0.25, 0.3) is 33.2 Å². The second-order valence-electron chi connectivity index (χ2n) is 10.8. The fourth-order valence-electron chi connectivity index (χ4n) is 5.48. The molecule has 0 N–H and O–H groups in total. The van der Waals surface area contributed by atoms with Crippen molar-refractivity contribution in [2.45, 2.75) is 27.1 Å². The number of aromatic nitrogens is 1. The van der Waals surface area contributed by atoms with Crippen molar-refractivity contribution in [2.75, 3.05) is 0 Å². The molecule has 46 heavy (non-hydrogen) atoms. The number of hydrogen-bond donors (Lipinski definition) is 0. The third-order valence-electron chi connectivity index (χ3n) is 7.93. The average molecular weight is 627 g/mol. The van der Waals surface area contributed by atoms with E-state index in [9.17, 15) is 9.59 Å². The Balaban J connectivity index is 1.25. The molecule has 0 unspecified atom stereocenters. The Morgan fingerprint density at radius 3 is 2.37 bits per heavy atom. The SMILES string of the molecule is Cc1c(COc2cc(OCc3cncc(C#N)c3)c(C=O)cc2Cl)cccc1-c1cccc(-c2ccc3oc(C=O)cc3c2)c1C. The zero-order valence-corrected chi connectivity index (χ0v) is 25.8. The standard InChI is InChI=1S/C38H27ClN2O5/c1-23-28(22-45-38-15-37(30(19-42)14-35(38)39)44-21-26-11-25(16-40)17-41-18-26)5-3-7-33(23)34-8-4-6-32(24(34)2)27-9-10-36-29(12-27)13-31(20-43)46-36/h3-15,17-20H,21-22H2,1-2H3. The molecule has 0 aliphatic heterocycles. The first-order valence-electron chi connectivity index (χ1n) is 14.4. The Kier molecular flexibility index (Phi) is 8.64. The third-order valence-corrected chi connectivity index (χ3v) is 8.22. The van der Waals surface area contributed by atoms with E-state index in [1.54, 1.807) is 24.4 Å². The van der Waals surface area contributed by atoms with Gasteiger partial charge in [-0.15, -0.1) is 0 Å². The molecule has 0 saturated carbocycles. The van der Waals surface area contributed by atoms with E-state index in [0.29, 0.717) is 46.5 Å². The van der Waals surface area contributed by atoms with Crippen LogP contribution in [0, 0.1) is 25.2 Å². The molecule has 0 aliphatic rings. The fourth-order valence-corrected chi connectivity index (χ4v) is 5.71. The van der Waals surface area contributed by atoms with E-state index in [1.165, 1.54) is 12.3 Å². The molecule has 0 saturated heterocycles. The fraction of sp³-hybridized carbons (Fsp3) is 0.105. The maximum absolute atomic E-state index is 11.8. The lowest BCUT2D eigenvalue weighted by molar-refractivity contribution is 0.109. The number of halogens is 1. The van der Waals surface area contributed by atoms with Gasteiger partial charge in [0.05, 0.1) is 16.1 Å². The Bertz CT molecular complexity index is 2160. The summed E-state index contributed by atoms with van der Waals surface area (Å²) in [6, 6.07) is 26.9. The van der Waals surface area contributed by atoms with Crippen LogP contribution in [-0.2, 0) is 13.2 Å². The first-order chi connectivity index (χ1) is 22.4. The normalized spacial score (nSPS) is 10.8. The molecule has 0 spiro atoms. The van der Waals surface area contributed by atoms with Crippen molar-refractivity contribution in [3.8, 4) is 39.8 Å². The summed E-state index contributed by atoms with van der Waals surface area (Å²) in [7, 11) is 0. The van der Waals surface area contributed by atoms with Gasteiger partial charge in [0.1, 0.15) is 36.4 Å². The largest absolute Gasteiger partial charge is 0.488 e. The van der Waals surface area contributed by atoms with Crippen molar-refractivity contribution in [3.63, 3.8) is 0 Å². The molecule has 0 amide bonds. The minimum atomic E-state index is 0.111. The van der Waals surface area contributed by atoms with Gasteiger partial charge in [-0.2, -0.15) is 5.26 Å². The van der Waals surface area contributed by atoms with Crippen LogP contribution in [0.4, 0.5) is 0 Å². The summed E-state index contributed by atoms with van der Waals surface area (Å²) in [6.45, 7) is 4.52. The predicted octanol–water partition coefficient (Wildman–Crippen LogP) is 9.09. The van der Waals surface area contributed by atoms with E-state index < -0.39 is 0 Å². The van der Waals surface area contributed by atoms with Gasteiger partial charge in [-0.3, -0.25) is 14.6 Å². The zero-order valence-electron chi connectivity index (χ0n) is 25.0. The minimum Gasteiger partial charge on any atom is -0.488 e. The molecular formula is C38H27ClN2O5. The van der Waals surface area contributed by atoms with Crippen LogP contribution in [0.1, 0.15) is 48.7 Å². The number of pyridine rings is 1. The van der Waals surface area contributed by atoms with Crippen molar-refractivity contribution in [1.82, 2.24) is 4.98 Å². The topological polar surface area (TPSA) is 102 Å². The molecule has 0 aliphatic carbocycles. The van der Waals surface area contributed by atoms with Gasteiger partial charge in [0.15, 0.2) is 18.3 Å². The van der Waals surface area contributed by atoms with E-state index >= 15 is 0 Å². The second-order valence-corrected chi connectivity index (χ2v) is 11.2. The van der Waals surface area contributed by atoms with Crippen molar-refractivity contribution in [2.24, 2.45) is 0 Å². The number of fused-ring (bicyclic) bond motifs is 1. The van der Waals surface area contributed by atoms with Crippen LogP contribution < -0.4 is 9.47 Å². The number of carbonyl (C=O) groups is 2. The summed E-state index contributed by atoms with van der Waals surface area (Å²) in [6.07, 6.45) is 4.46. The summed E-state index contributed by atoms with van der Waals surface area (Å²) in [5.41, 5.74) is 9.50. The monoisotopic (exact) mass is 626 g/mol. The van der Waals surface area contributed by atoms with E-state index in [1.807, 2.05) is 36.4 Å². The number of benzene rings is 4. The van der Waals surface area contributed by atoms with E-state index in [-0.39, 0.29) is 23.8 Å². The molecule has 0 atom stereocenters. The molecule has 6 rings (SSSR count). The maximum atomic E-state index is 11.8. The second kappa shape index (κ2) is 13.1. The molecular weight excluding hydrogens is 600 g/mol. The molecule has 7 nitrogen and oxygen atoms in total. The Hall–Kier alpha value is -5.71. The Morgan fingerprint density at radius 1 is 0.826 bits per heavy atom. The van der Waals surface area contributed by atoms with Crippen molar-refractivity contribution in [3.05, 3.63) is 135 Å². The summed E-state index contributed by atoms with van der Waals surface area (Å²) < 4.78 is 17.7. The van der Waals surface area contributed by atoms with Gasteiger partial charge >= 0.3 is 0 Å². The predicted molar refractivity (Wildman–Crippen MR) is 176 cm³/mol. The quantitative estimate of drug-likeness (QED) is 0.140. The van der Waals surface area contributed by atoms with E-state index in [2.05, 4.69) is 43.1 Å². The van der Waals surface area contributed by atoms with Crippen molar-refractivity contribution >= 4 is 35.1 Å². The summed E-state index contributed by atoms with van der Waals surface area (Å²) >= 11 is 6.50. The minimum absolute atomic E-state index is 0.111. The highest BCUT2D eigenvalue weighted by Crippen LogP contribution is 2.37. The van der Waals surface area contributed by atoms with Crippen molar-refractivity contribution < 1.29 is 23.5 Å². The highest BCUT2D eigenvalue weighted by molar-refractivity contribution is 6.32. The molecule has 2 aromatic heterocycles. The van der Waals surface area contributed by atoms with Crippen LogP contribution in [0.5, 0.6) is 11.5 Å². The number of nitrogens with zero attached hydrogens (tertiary/aromatic N) is 2. The maximum Gasteiger partial charge on any atom is 0.185 e. The van der Waals surface area contributed by atoms with Crippen LogP contribution in [0.3, 0.4) is 0 Å². The molecule has 0 radical (unpaired) electrons. The Morgan fingerprint density at radius 2 is 1.59 bits per heavy atom. The number of nitriles is 1. The van der Waals surface area contributed by atoms with Gasteiger partial charge in [0.2, 0.25) is 0 Å². The van der Waals surface area contributed by atoms with Crippen molar-refractivity contribution in [1.29, 1.82) is 5.26 Å². The third kappa shape index (κ3) is 6.12. The molecule has 0 bridgehead atoms. The lowest BCUT2D eigenvalue weighted by atomic mass is 9.89. The highest BCUT2D eigenvalue weighted by Gasteiger charge is 2.16. The smallest absolute Gasteiger partial charge is 0.185 e. The molecule has 6 aromatic rings. The molecule has 0 fully saturated rings. The van der Waals surface area contributed by atoms with E-state index in [4.69, 9.17) is 30.8 Å². The number of carbonyl (C=O) groups excluding carboxylic acids is 2. The van der Waals surface area contributed by atoms with Gasteiger partial charge in [0.25, 0.3) is 0 Å². The van der Waals surface area contributed by atoms with Gasteiger partial charge < -0.3 is 13.9 Å². The number of furan rings is 1. The summed E-state index contributed by atoms with van der Waals surface area (Å²) in [4.78, 5) is 27.0.